The summed E-state index contributed by atoms with van der Waals surface area (Å²) in [5.41, 5.74) is 0.768. The lowest BCUT2D eigenvalue weighted by molar-refractivity contribution is -0.756. The van der Waals surface area contributed by atoms with Gasteiger partial charge in [0.15, 0.2) is 0 Å². The van der Waals surface area contributed by atoms with Gasteiger partial charge in [-0.25, -0.2) is 9.36 Å². The molecule has 0 bridgehead atoms. The number of imidazole rings is 1. The molecule has 2 saturated heterocycles. The van der Waals surface area contributed by atoms with E-state index in [9.17, 15) is 19.8 Å². The van der Waals surface area contributed by atoms with Crippen LogP contribution in [0.1, 0.15) is 37.6 Å². The molecule has 0 aromatic carbocycles. The number of hydrogen-bond acceptors (Lipinski definition) is 6. The Bertz CT molecular complexity index is 1100. The van der Waals surface area contributed by atoms with Gasteiger partial charge in [0.2, 0.25) is 15.8 Å². The van der Waals surface area contributed by atoms with E-state index in [0.29, 0.717) is 11.6 Å². The number of carbonyl (C=O) groups is 2. The van der Waals surface area contributed by atoms with Crippen LogP contribution in [0.25, 0.3) is 10.4 Å². The van der Waals surface area contributed by atoms with E-state index in [1.807, 2.05) is 13.1 Å². The van der Waals surface area contributed by atoms with Gasteiger partial charge >= 0.3 is 5.97 Å². The molecule has 0 unspecified atom stereocenters. The molecule has 0 saturated carbocycles. The second-order valence-electron chi connectivity index (χ2n) is 8.64. The van der Waals surface area contributed by atoms with Gasteiger partial charge in [0, 0.05) is 24.3 Å². The number of piperidine rings is 1. The number of nitrogens with zero attached hydrogens (tertiary/aromatic N) is 3. The molecule has 2 aromatic heterocycles. The van der Waals surface area contributed by atoms with E-state index in [1.54, 1.807) is 30.0 Å². The summed E-state index contributed by atoms with van der Waals surface area (Å²) in [4.78, 5) is 28.1. The molecular formula is C21H27N4O4S2+. The average molecular weight is 464 g/mol. The molecule has 1 amide bonds. The first-order valence-electron chi connectivity index (χ1n) is 10.6. The van der Waals surface area contributed by atoms with Gasteiger partial charge in [-0.1, -0.05) is 30.0 Å². The van der Waals surface area contributed by atoms with Crippen molar-refractivity contribution in [2.24, 2.45) is 11.8 Å². The Kier molecular flexibility index (Phi) is 5.16. The van der Waals surface area contributed by atoms with Gasteiger partial charge in [0.25, 0.3) is 6.33 Å². The number of hydrogen-bond donors (Lipinski definition) is 3. The number of aliphatic hydroxyl groups is 1. The fourth-order valence-electron chi connectivity index (χ4n) is 5.46. The molecule has 8 nitrogen and oxygen atoms in total. The summed E-state index contributed by atoms with van der Waals surface area (Å²) < 4.78 is 4.45. The third kappa shape index (κ3) is 2.99. The molecule has 2 aromatic rings. The number of amides is 1. The molecule has 3 aliphatic heterocycles. The minimum absolute atomic E-state index is 0.0702. The Morgan fingerprint density at radius 2 is 2.10 bits per heavy atom. The van der Waals surface area contributed by atoms with Crippen LogP contribution in [0.2, 0.25) is 0 Å². The van der Waals surface area contributed by atoms with Crippen LogP contribution in [0, 0.1) is 11.8 Å². The van der Waals surface area contributed by atoms with Crippen molar-refractivity contribution in [2.75, 3.05) is 19.3 Å². The highest BCUT2D eigenvalue weighted by Gasteiger charge is 2.60. The Labute approximate surface area is 188 Å². The number of rotatable bonds is 5. The molecule has 5 rings (SSSR count). The van der Waals surface area contributed by atoms with Gasteiger partial charge in [-0.3, -0.25) is 4.79 Å². The number of aromatic nitrogens is 2. The molecule has 3 aliphatic rings. The van der Waals surface area contributed by atoms with Gasteiger partial charge < -0.3 is 20.4 Å². The van der Waals surface area contributed by atoms with E-state index in [2.05, 4.69) is 26.9 Å². The minimum atomic E-state index is -1.09. The van der Waals surface area contributed by atoms with Crippen molar-refractivity contribution >= 4 is 45.4 Å². The summed E-state index contributed by atoms with van der Waals surface area (Å²) in [5.74, 6) is -2.08. The second kappa shape index (κ2) is 7.61. The maximum absolute atomic E-state index is 12.6. The lowest BCUT2D eigenvalue weighted by Gasteiger charge is -2.46. The highest BCUT2D eigenvalue weighted by Crippen LogP contribution is 2.51. The maximum Gasteiger partial charge on any atom is 0.352 e. The SMILES string of the molecule is CSc1c2sc(C3=C(C(=O)O)N4C(=O)[C@H]([C@@H](C)O)[C@H]4[C@H]3C)cn2c[n+]1C1CCNCC1. The molecule has 166 valence electrons. The van der Waals surface area contributed by atoms with Crippen LogP contribution in [-0.2, 0) is 9.59 Å². The average Bonchev–Trinajstić information content (AvgIpc) is 3.35. The molecule has 31 heavy (non-hydrogen) atoms. The Morgan fingerprint density at radius 1 is 1.39 bits per heavy atom. The van der Waals surface area contributed by atoms with Crippen LogP contribution >= 0.6 is 23.1 Å². The molecule has 2 fully saturated rings. The monoisotopic (exact) mass is 463 g/mol. The van der Waals surface area contributed by atoms with E-state index in [0.717, 1.165) is 35.6 Å². The maximum atomic E-state index is 12.6. The second-order valence-corrected chi connectivity index (χ2v) is 10.5. The highest BCUT2D eigenvalue weighted by atomic mass is 32.2. The third-order valence-electron chi connectivity index (χ3n) is 6.90. The molecule has 3 N–H and O–H groups in total. The first-order chi connectivity index (χ1) is 14.8. The number of carboxylic acids is 1. The topological polar surface area (TPSA) is 98.2 Å². The van der Waals surface area contributed by atoms with Crippen molar-refractivity contribution < 1.29 is 24.4 Å². The summed E-state index contributed by atoms with van der Waals surface area (Å²) in [6.07, 6.45) is 7.58. The predicted molar refractivity (Wildman–Crippen MR) is 118 cm³/mol. The van der Waals surface area contributed by atoms with E-state index < -0.39 is 18.0 Å². The number of thioether (sulfide) groups is 1. The molecule has 0 radical (unpaired) electrons. The van der Waals surface area contributed by atoms with Gasteiger partial charge in [-0.15, -0.1) is 0 Å². The van der Waals surface area contributed by atoms with Crippen LogP contribution in [0.3, 0.4) is 0 Å². The fourth-order valence-corrected chi connectivity index (χ4v) is 7.69. The van der Waals surface area contributed by atoms with Crippen molar-refractivity contribution in [3.05, 3.63) is 23.1 Å². The van der Waals surface area contributed by atoms with Crippen LogP contribution in [0.15, 0.2) is 23.2 Å². The number of β-lactam (4-membered cyclic amide) rings is 1. The quantitative estimate of drug-likeness (QED) is 0.354. The third-order valence-corrected chi connectivity index (χ3v) is 8.96. The number of carboxylic acid groups (broad SMARTS) is 1. The molecule has 5 heterocycles. The van der Waals surface area contributed by atoms with Gasteiger partial charge in [-0.2, -0.15) is 4.40 Å². The standard InChI is InChI=1S/C21H26N4O4S2/c1-10-14(17(21(28)29)25-16(10)15(11(2)26)18(25)27)13-8-23-9-24(12-4-6-22-7-5-12)20(30-3)19(23)31-13/h8-12,15-16,22,26H,4-7H2,1-3H3/p+1/t10-,11+,15+,16+/m0/s1. The van der Waals surface area contributed by atoms with Gasteiger partial charge in [-0.05, 0) is 26.3 Å². The number of aliphatic carboxylic acids is 1. The van der Waals surface area contributed by atoms with E-state index in [1.165, 1.54) is 9.93 Å². The van der Waals surface area contributed by atoms with Gasteiger partial charge in [0.05, 0.1) is 22.9 Å². The van der Waals surface area contributed by atoms with Gasteiger partial charge in [0.1, 0.15) is 17.9 Å². The van der Waals surface area contributed by atoms with Crippen LogP contribution in [0.4, 0.5) is 0 Å². The minimum Gasteiger partial charge on any atom is -0.477 e. The first-order valence-corrected chi connectivity index (χ1v) is 12.7. The van der Waals surface area contributed by atoms with Crippen LogP contribution < -0.4 is 9.88 Å². The number of fused-ring (bicyclic) bond motifs is 2. The van der Waals surface area contributed by atoms with Crippen LogP contribution in [-0.4, -0.2) is 62.9 Å². The lowest BCUT2D eigenvalue weighted by atomic mass is 9.77. The Balaban J connectivity index is 1.58. The Hall–Kier alpha value is -1.88. The normalized spacial score (nSPS) is 27.7. The lowest BCUT2D eigenvalue weighted by Crippen LogP contribution is -2.63. The summed E-state index contributed by atoms with van der Waals surface area (Å²) in [6, 6.07) is 0.166. The predicted octanol–water partition coefficient (Wildman–Crippen LogP) is 1.59. The number of nitrogens with one attached hydrogen (secondary N) is 1. The molecule has 0 aliphatic carbocycles. The molecular weight excluding hydrogens is 436 g/mol. The van der Waals surface area contributed by atoms with E-state index >= 15 is 0 Å². The van der Waals surface area contributed by atoms with Crippen molar-refractivity contribution in [1.29, 1.82) is 0 Å². The summed E-state index contributed by atoms with van der Waals surface area (Å²) in [7, 11) is 0. The largest absolute Gasteiger partial charge is 0.477 e. The summed E-state index contributed by atoms with van der Waals surface area (Å²) >= 11 is 3.29. The summed E-state index contributed by atoms with van der Waals surface area (Å²) in [6.45, 7) is 5.60. The zero-order chi connectivity index (χ0) is 22.0. The van der Waals surface area contributed by atoms with Crippen molar-refractivity contribution in [1.82, 2.24) is 14.6 Å². The number of aliphatic hydroxyl groups excluding tert-OH is 1. The van der Waals surface area contributed by atoms with Crippen molar-refractivity contribution in [3.8, 4) is 0 Å². The molecule has 10 heteroatoms. The molecule has 4 atom stereocenters. The fraction of sp³-hybridized carbons (Fsp3) is 0.571. The smallest absolute Gasteiger partial charge is 0.352 e. The van der Waals surface area contributed by atoms with Crippen molar-refractivity contribution in [2.45, 2.75) is 49.9 Å². The number of thiazole rings is 1. The first kappa shape index (κ1) is 21.0. The number of carbonyl (C=O) groups excluding carboxylic acids is 1. The zero-order valence-corrected chi connectivity index (χ0v) is 19.4. The van der Waals surface area contributed by atoms with E-state index in [4.69, 9.17) is 0 Å². The Morgan fingerprint density at radius 3 is 2.71 bits per heavy atom. The summed E-state index contributed by atoms with van der Waals surface area (Å²) in [5, 5.41) is 24.6. The highest BCUT2D eigenvalue weighted by molar-refractivity contribution is 7.98. The van der Waals surface area contributed by atoms with Crippen molar-refractivity contribution in [3.63, 3.8) is 0 Å². The van der Waals surface area contributed by atoms with Crippen LogP contribution in [0.5, 0.6) is 0 Å². The zero-order valence-electron chi connectivity index (χ0n) is 17.7. The van der Waals surface area contributed by atoms with E-state index in [-0.39, 0.29) is 23.6 Å². The molecule has 0 spiro atoms.